The van der Waals surface area contributed by atoms with Gasteiger partial charge in [0.1, 0.15) is 5.82 Å². The number of halogens is 1. The van der Waals surface area contributed by atoms with Crippen molar-refractivity contribution in [3.63, 3.8) is 0 Å². The summed E-state index contributed by atoms with van der Waals surface area (Å²) < 4.78 is 12.9. The summed E-state index contributed by atoms with van der Waals surface area (Å²) in [4.78, 5) is 4.40. The van der Waals surface area contributed by atoms with Gasteiger partial charge in [0.25, 0.3) is 0 Å². The van der Waals surface area contributed by atoms with Gasteiger partial charge in [0.2, 0.25) is 5.95 Å². The van der Waals surface area contributed by atoms with Crippen LogP contribution in [-0.4, -0.2) is 15.2 Å². The van der Waals surface area contributed by atoms with Gasteiger partial charge in [-0.05, 0) is 40.8 Å². The molecular weight excluding hydrogens is 329 g/mol. The number of nitrogens with one attached hydrogen (secondary N) is 2. The first-order chi connectivity index (χ1) is 12.4. The van der Waals surface area contributed by atoms with Gasteiger partial charge < -0.3 is 10.6 Å². The second-order valence-electron chi connectivity index (χ2n) is 7.10. The highest BCUT2D eigenvalue weighted by Crippen LogP contribution is 2.24. The van der Waals surface area contributed by atoms with Crippen molar-refractivity contribution in [2.24, 2.45) is 0 Å². The second-order valence-corrected chi connectivity index (χ2v) is 7.10. The van der Waals surface area contributed by atoms with Crippen molar-refractivity contribution in [2.75, 3.05) is 10.6 Å². The van der Waals surface area contributed by atoms with E-state index in [4.69, 9.17) is 0 Å². The van der Waals surface area contributed by atoms with Crippen molar-refractivity contribution in [2.45, 2.75) is 32.7 Å². The van der Waals surface area contributed by atoms with Crippen LogP contribution in [0.2, 0.25) is 0 Å². The van der Waals surface area contributed by atoms with E-state index in [1.807, 2.05) is 12.1 Å². The zero-order valence-electron chi connectivity index (χ0n) is 15.1. The van der Waals surface area contributed by atoms with Gasteiger partial charge in [-0.1, -0.05) is 45.0 Å². The first-order valence-corrected chi connectivity index (χ1v) is 8.46. The third kappa shape index (κ3) is 4.75. The summed E-state index contributed by atoms with van der Waals surface area (Å²) >= 11 is 0. The Kier molecular flexibility index (Phi) is 5.11. The van der Waals surface area contributed by atoms with Crippen LogP contribution in [0.3, 0.4) is 0 Å². The predicted octanol–water partition coefficient (Wildman–Crippen LogP) is 4.66. The average Bonchev–Trinajstić information content (AvgIpc) is 2.61. The van der Waals surface area contributed by atoms with Gasteiger partial charge in [-0.25, -0.2) is 4.39 Å². The minimum atomic E-state index is -0.254. The summed E-state index contributed by atoms with van der Waals surface area (Å²) in [5, 5.41) is 14.3. The van der Waals surface area contributed by atoms with Crippen molar-refractivity contribution in [3.05, 3.63) is 71.7 Å². The maximum absolute atomic E-state index is 12.9. The largest absolute Gasteiger partial charge is 0.349 e. The van der Waals surface area contributed by atoms with Crippen LogP contribution in [0.15, 0.2) is 54.7 Å². The first-order valence-electron chi connectivity index (χ1n) is 8.46. The van der Waals surface area contributed by atoms with Crippen LogP contribution in [0.5, 0.6) is 0 Å². The smallest absolute Gasteiger partial charge is 0.244 e. The number of aromatic nitrogens is 3. The van der Waals surface area contributed by atoms with Crippen molar-refractivity contribution in [3.8, 4) is 0 Å². The van der Waals surface area contributed by atoms with Crippen LogP contribution in [0.25, 0.3) is 0 Å². The molecule has 5 nitrogen and oxygen atoms in total. The Morgan fingerprint density at radius 1 is 0.962 bits per heavy atom. The molecule has 0 radical (unpaired) electrons. The highest BCUT2D eigenvalue weighted by atomic mass is 19.1. The van der Waals surface area contributed by atoms with E-state index in [2.05, 4.69) is 58.7 Å². The molecule has 134 valence electrons. The lowest BCUT2D eigenvalue weighted by molar-refractivity contribution is 0.590. The number of benzene rings is 2. The zero-order chi connectivity index (χ0) is 18.6. The van der Waals surface area contributed by atoms with Crippen LogP contribution in [0.1, 0.15) is 31.9 Å². The minimum absolute atomic E-state index is 0.118. The average molecular weight is 351 g/mol. The lowest BCUT2D eigenvalue weighted by atomic mass is 9.87. The van der Waals surface area contributed by atoms with Crippen molar-refractivity contribution in [1.82, 2.24) is 15.2 Å². The number of hydrogen-bond acceptors (Lipinski definition) is 5. The molecule has 0 atom stereocenters. The molecule has 3 aromatic rings. The molecule has 0 saturated heterocycles. The summed E-state index contributed by atoms with van der Waals surface area (Å²) in [6.45, 7) is 7.04. The van der Waals surface area contributed by atoms with Crippen LogP contribution in [0.4, 0.5) is 21.8 Å². The van der Waals surface area contributed by atoms with Crippen molar-refractivity contribution < 1.29 is 4.39 Å². The number of nitrogens with zero attached hydrogens (tertiary/aromatic N) is 3. The molecule has 26 heavy (non-hydrogen) atoms. The Bertz CT molecular complexity index is 855. The molecular formula is C20H22FN5. The molecule has 6 heteroatoms. The van der Waals surface area contributed by atoms with Crippen LogP contribution in [0, 0.1) is 5.82 Å². The maximum atomic E-state index is 12.9. The fourth-order valence-electron chi connectivity index (χ4n) is 2.42. The lowest BCUT2D eigenvalue weighted by Crippen LogP contribution is -2.10. The highest BCUT2D eigenvalue weighted by molar-refractivity contribution is 5.56. The molecule has 0 aliphatic rings. The fraction of sp³-hybridized carbons (Fsp3) is 0.250. The van der Waals surface area contributed by atoms with Gasteiger partial charge in [0, 0.05) is 12.2 Å². The summed E-state index contributed by atoms with van der Waals surface area (Å²) in [6, 6.07) is 14.5. The number of rotatable bonds is 5. The second kappa shape index (κ2) is 7.47. The molecule has 0 unspecified atom stereocenters. The molecule has 1 heterocycles. The maximum Gasteiger partial charge on any atom is 0.244 e. The van der Waals surface area contributed by atoms with Crippen LogP contribution < -0.4 is 10.6 Å². The van der Waals surface area contributed by atoms with E-state index in [9.17, 15) is 4.39 Å². The van der Waals surface area contributed by atoms with E-state index >= 15 is 0 Å². The Hall–Kier alpha value is -3.02. The molecule has 2 N–H and O–H groups in total. The number of anilines is 3. The molecule has 0 fully saturated rings. The van der Waals surface area contributed by atoms with E-state index in [-0.39, 0.29) is 11.2 Å². The first kappa shape index (κ1) is 17.8. The van der Waals surface area contributed by atoms with Crippen molar-refractivity contribution >= 4 is 17.5 Å². The summed E-state index contributed by atoms with van der Waals surface area (Å²) in [5.74, 6) is 0.756. The molecule has 0 aliphatic heterocycles. The summed E-state index contributed by atoms with van der Waals surface area (Å²) in [6.07, 6.45) is 1.57. The van der Waals surface area contributed by atoms with E-state index in [1.165, 1.54) is 17.7 Å². The minimum Gasteiger partial charge on any atom is -0.349 e. The third-order valence-corrected chi connectivity index (χ3v) is 3.95. The molecule has 0 saturated carbocycles. The molecule has 0 bridgehead atoms. The molecule has 2 aromatic carbocycles. The zero-order valence-corrected chi connectivity index (χ0v) is 15.1. The Balaban J connectivity index is 1.64. The normalized spacial score (nSPS) is 11.2. The van der Waals surface area contributed by atoms with Gasteiger partial charge in [0.05, 0.1) is 6.20 Å². The number of hydrogen-bond donors (Lipinski definition) is 2. The van der Waals surface area contributed by atoms with E-state index in [1.54, 1.807) is 18.3 Å². The van der Waals surface area contributed by atoms with Gasteiger partial charge >= 0.3 is 0 Å². The van der Waals surface area contributed by atoms with Gasteiger partial charge in [-0.3, -0.25) is 0 Å². The van der Waals surface area contributed by atoms with Gasteiger partial charge in [0.15, 0.2) is 5.82 Å². The van der Waals surface area contributed by atoms with Gasteiger partial charge in [-0.2, -0.15) is 10.1 Å². The summed E-state index contributed by atoms with van der Waals surface area (Å²) in [7, 11) is 0. The topological polar surface area (TPSA) is 62.7 Å². The SMILES string of the molecule is CC(C)(C)c1ccc(Nc2cnnc(NCc3ccc(F)cc3)n2)cc1. The highest BCUT2D eigenvalue weighted by Gasteiger charge is 2.12. The van der Waals surface area contributed by atoms with Crippen LogP contribution >= 0.6 is 0 Å². The Labute approximate surface area is 152 Å². The molecule has 0 spiro atoms. The van der Waals surface area contributed by atoms with E-state index in [0.717, 1.165) is 11.3 Å². The Morgan fingerprint density at radius 3 is 2.31 bits per heavy atom. The predicted molar refractivity (Wildman–Crippen MR) is 102 cm³/mol. The quantitative estimate of drug-likeness (QED) is 0.700. The summed E-state index contributed by atoms with van der Waals surface area (Å²) in [5.41, 5.74) is 3.26. The van der Waals surface area contributed by atoms with Crippen LogP contribution in [-0.2, 0) is 12.0 Å². The lowest BCUT2D eigenvalue weighted by Gasteiger charge is -2.19. The van der Waals surface area contributed by atoms with Gasteiger partial charge in [-0.15, -0.1) is 5.10 Å². The van der Waals surface area contributed by atoms with E-state index < -0.39 is 0 Å². The monoisotopic (exact) mass is 351 g/mol. The Morgan fingerprint density at radius 2 is 1.65 bits per heavy atom. The third-order valence-electron chi connectivity index (χ3n) is 3.95. The molecule has 1 aromatic heterocycles. The fourth-order valence-corrected chi connectivity index (χ4v) is 2.42. The molecule has 3 rings (SSSR count). The van der Waals surface area contributed by atoms with Crippen molar-refractivity contribution in [1.29, 1.82) is 0 Å². The molecule has 0 amide bonds. The molecule has 0 aliphatic carbocycles. The van der Waals surface area contributed by atoms with E-state index in [0.29, 0.717) is 18.3 Å². The standard InChI is InChI=1S/C20H22FN5/c1-20(2,3)15-6-10-17(11-7-15)24-18-13-23-26-19(25-18)22-12-14-4-8-16(21)9-5-14/h4-11,13H,12H2,1-3H3,(H2,22,24,25,26).